The lowest BCUT2D eigenvalue weighted by Gasteiger charge is -2.21. The molecule has 0 aromatic heterocycles. The summed E-state index contributed by atoms with van der Waals surface area (Å²) < 4.78 is 0. The van der Waals surface area contributed by atoms with E-state index < -0.39 is 5.97 Å². The highest BCUT2D eigenvalue weighted by atomic mass is 16.4. The van der Waals surface area contributed by atoms with Crippen LogP contribution in [-0.4, -0.2) is 30.1 Å². The summed E-state index contributed by atoms with van der Waals surface area (Å²) in [5, 5.41) is 12.5. The van der Waals surface area contributed by atoms with Crippen molar-refractivity contribution >= 4 is 23.3 Å². The van der Waals surface area contributed by atoms with Crippen LogP contribution in [0.1, 0.15) is 49.7 Å². The molecule has 4 rings (SSSR count). The van der Waals surface area contributed by atoms with Gasteiger partial charge in [0.25, 0.3) is 5.91 Å². The lowest BCUT2D eigenvalue weighted by Crippen LogP contribution is -2.21. The second-order valence-electron chi connectivity index (χ2n) is 8.15. The Bertz CT molecular complexity index is 1140. The summed E-state index contributed by atoms with van der Waals surface area (Å²) in [5.41, 5.74) is 5.20. The van der Waals surface area contributed by atoms with Crippen LogP contribution in [0.15, 0.2) is 66.7 Å². The minimum atomic E-state index is -1.06. The van der Waals surface area contributed by atoms with E-state index in [0.29, 0.717) is 17.2 Å². The first-order valence-electron chi connectivity index (χ1n) is 10.5. The zero-order valence-electron chi connectivity index (χ0n) is 17.8. The molecule has 0 saturated carbocycles. The first-order valence-corrected chi connectivity index (χ1v) is 10.5. The van der Waals surface area contributed by atoms with Crippen LogP contribution in [0.4, 0.5) is 11.4 Å². The van der Waals surface area contributed by atoms with Gasteiger partial charge in [-0.2, -0.15) is 0 Å². The van der Waals surface area contributed by atoms with Crippen molar-refractivity contribution in [1.29, 1.82) is 0 Å². The SMILES string of the molecule is Cc1cccc([C@H]2CCN(c3ccc(NC(=O)c4ccccc4C)c(C(=O)O)c3)C2)c1. The molecular formula is C26H26N2O3. The van der Waals surface area contributed by atoms with E-state index in [1.165, 1.54) is 11.1 Å². The highest BCUT2D eigenvalue weighted by Crippen LogP contribution is 2.33. The number of hydrogen-bond acceptors (Lipinski definition) is 3. The number of aromatic carboxylic acids is 1. The number of rotatable bonds is 5. The third-order valence-electron chi connectivity index (χ3n) is 5.94. The van der Waals surface area contributed by atoms with Gasteiger partial charge in [-0.3, -0.25) is 4.79 Å². The van der Waals surface area contributed by atoms with E-state index in [9.17, 15) is 14.7 Å². The molecule has 0 radical (unpaired) electrons. The number of hydrogen-bond donors (Lipinski definition) is 2. The second kappa shape index (κ2) is 8.64. The van der Waals surface area contributed by atoms with Gasteiger partial charge in [-0.05, 0) is 55.7 Å². The highest BCUT2D eigenvalue weighted by molar-refractivity contribution is 6.08. The molecule has 1 fully saturated rings. The maximum atomic E-state index is 12.7. The first kappa shape index (κ1) is 20.7. The smallest absolute Gasteiger partial charge is 0.337 e. The molecule has 0 aliphatic carbocycles. The fourth-order valence-electron chi connectivity index (χ4n) is 4.22. The normalized spacial score (nSPS) is 15.7. The summed E-state index contributed by atoms with van der Waals surface area (Å²) in [5.74, 6) is -0.945. The van der Waals surface area contributed by atoms with Crippen LogP contribution in [0, 0.1) is 13.8 Å². The molecule has 158 valence electrons. The summed E-state index contributed by atoms with van der Waals surface area (Å²) in [6.07, 6.45) is 1.03. The number of carboxylic acids is 1. The number of amides is 1. The predicted molar refractivity (Wildman–Crippen MR) is 123 cm³/mol. The molecule has 1 heterocycles. The first-order chi connectivity index (χ1) is 14.9. The topological polar surface area (TPSA) is 69.6 Å². The summed E-state index contributed by atoms with van der Waals surface area (Å²) in [6.45, 7) is 5.66. The van der Waals surface area contributed by atoms with Crippen molar-refractivity contribution in [1.82, 2.24) is 0 Å². The molecule has 0 unspecified atom stereocenters. The van der Waals surface area contributed by atoms with Crippen LogP contribution in [0.3, 0.4) is 0 Å². The van der Waals surface area contributed by atoms with E-state index in [-0.39, 0.29) is 11.5 Å². The van der Waals surface area contributed by atoms with Crippen molar-refractivity contribution in [2.75, 3.05) is 23.3 Å². The minimum Gasteiger partial charge on any atom is -0.478 e. The number of carbonyl (C=O) groups excluding carboxylic acids is 1. The average Bonchev–Trinajstić information content (AvgIpc) is 3.24. The van der Waals surface area contributed by atoms with Crippen molar-refractivity contribution in [3.8, 4) is 0 Å². The van der Waals surface area contributed by atoms with Crippen molar-refractivity contribution in [2.45, 2.75) is 26.2 Å². The van der Waals surface area contributed by atoms with Gasteiger partial charge >= 0.3 is 5.97 Å². The quantitative estimate of drug-likeness (QED) is 0.598. The van der Waals surface area contributed by atoms with Gasteiger partial charge < -0.3 is 15.3 Å². The molecule has 1 atom stereocenters. The van der Waals surface area contributed by atoms with Gasteiger partial charge in [0.2, 0.25) is 0 Å². The van der Waals surface area contributed by atoms with E-state index in [2.05, 4.69) is 41.4 Å². The number of carboxylic acid groups (broad SMARTS) is 1. The van der Waals surface area contributed by atoms with Gasteiger partial charge in [0.05, 0.1) is 11.3 Å². The monoisotopic (exact) mass is 414 g/mol. The Kier molecular flexibility index (Phi) is 5.76. The number of nitrogens with zero attached hydrogens (tertiary/aromatic N) is 1. The Morgan fingerprint density at radius 3 is 2.52 bits per heavy atom. The molecule has 1 aliphatic rings. The maximum absolute atomic E-state index is 12.7. The molecular weight excluding hydrogens is 388 g/mol. The maximum Gasteiger partial charge on any atom is 0.337 e. The standard InChI is InChI=1S/C26H26N2O3/c1-17-6-5-8-19(14-17)20-12-13-28(16-20)21-10-11-24(23(15-21)26(30)31)27-25(29)22-9-4-3-7-18(22)2/h3-11,14-15,20H,12-13,16H2,1-2H3,(H,27,29)(H,30,31)/t20-/m0/s1. The van der Waals surface area contributed by atoms with E-state index in [4.69, 9.17) is 0 Å². The number of nitrogens with one attached hydrogen (secondary N) is 1. The van der Waals surface area contributed by atoms with Crippen molar-refractivity contribution in [2.24, 2.45) is 0 Å². The Balaban J connectivity index is 1.55. The molecule has 0 spiro atoms. The molecule has 1 amide bonds. The Labute approximate surface area is 182 Å². The molecule has 1 saturated heterocycles. The van der Waals surface area contributed by atoms with E-state index in [1.807, 2.05) is 25.1 Å². The van der Waals surface area contributed by atoms with Crippen LogP contribution in [-0.2, 0) is 0 Å². The highest BCUT2D eigenvalue weighted by Gasteiger charge is 2.25. The molecule has 31 heavy (non-hydrogen) atoms. The Morgan fingerprint density at radius 2 is 1.77 bits per heavy atom. The largest absolute Gasteiger partial charge is 0.478 e. The fraction of sp³-hybridized carbons (Fsp3) is 0.231. The van der Waals surface area contributed by atoms with Crippen LogP contribution in [0.2, 0.25) is 0 Å². The lowest BCUT2D eigenvalue weighted by atomic mass is 9.97. The van der Waals surface area contributed by atoms with Gasteiger partial charge in [0.1, 0.15) is 0 Å². The fourth-order valence-corrected chi connectivity index (χ4v) is 4.22. The van der Waals surface area contributed by atoms with E-state index in [1.54, 1.807) is 24.3 Å². The summed E-state index contributed by atoms with van der Waals surface area (Å²) in [7, 11) is 0. The zero-order valence-corrected chi connectivity index (χ0v) is 17.8. The molecule has 5 heteroatoms. The lowest BCUT2D eigenvalue weighted by molar-refractivity contribution is 0.0698. The van der Waals surface area contributed by atoms with E-state index in [0.717, 1.165) is 30.8 Å². The van der Waals surface area contributed by atoms with Crippen molar-refractivity contribution in [3.63, 3.8) is 0 Å². The number of aryl methyl sites for hydroxylation is 2. The van der Waals surface area contributed by atoms with Gasteiger partial charge in [0, 0.05) is 30.3 Å². The molecule has 3 aromatic carbocycles. The predicted octanol–water partition coefficient (Wildman–Crippen LogP) is 5.25. The zero-order chi connectivity index (χ0) is 22.0. The molecule has 0 bridgehead atoms. The Hall–Kier alpha value is -3.60. The average molecular weight is 415 g/mol. The third kappa shape index (κ3) is 4.45. The van der Waals surface area contributed by atoms with Gasteiger partial charge in [-0.15, -0.1) is 0 Å². The summed E-state index contributed by atoms with van der Waals surface area (Å²) in [4.78, 5) is 26.8. The van der Waals surface area contributed by atoms with Crippen molar-refractivity contribution < 1.29 is 14.7 Å². The van der Waals surface area contributed by atoms with Gasteiger partial charge in [0.15, 0.2) is 0 Å². The van der Waals surface area contributed by atoms with Crippen LogP contribution in [0.25, 0.3) is 0 Å². The third-order valence-corrected chi connectivity index (χ3v) is 5.94. The second-order valence-corrected chi connectivity index (χ2v) is 8.15. The Morgan fingerprint density at radius 1 is 0.968 bits per heavy atom. The molecule has 3 aromatic rings. The van der Waals surface area contributed by atoms with E-state index >= 15 is 0 Å². The van der Waals surface area contributed by atoms with Crippen LogP contribution >= 0.6 is 0 Å². The minimum absolute atomic E-state index is 0.0958. The van der Waals surface area contributed by atoms with Crippen LogP contribution in [0.5, 0.6) is 0 Å². The number of anilines is 2. The van der Waals surface area contributed by atoms with Gasteiger partial charge in [-0.25, -0.2) is 4.79 Å². The van der Waals surface area contributed by atoms with Gasteiger partial charge in [-0.1, -0.05) is 48.0 Å². The number of benzene rings is 3. The summed E-state index contributed by atoms with van der Waals surface area (Å²) in [6, 6.07) is 21.0. The number of carbonyl (C=O) groups is 2. The molecule has 5 nitrogen and oxygen atoms in total. The molecule has 2 N–H and O–H groups in total. The van der Waals surface area contributed by atoms with Crippen LogP contribution < -0.4 is 10.2 Å². The summed E-state index contributed by atoms with van der Waals surface area (Å²) >= 11 is 0. The van der Waals surface area contributed by atoms with Crippen molar-refractivity contribution in [3.05, 3.63) is 94.5 Å². The molecule has 1 aliphatic heterocycles.